The van der Waals surface area contributed by atoms with Crippen molar-refractivity contribution in [3.63, 3.8) is 0 Å². The van der Waals surface area contributed by atoms with Crippen molar-refractivity contribution in [3.8, 4) is 0 Å². The molecule has 1 N–H and O–H groups in total. The maximum absolute atomic E-state index is 12.3. The van der Waals surface area contributed by atoms with Crippen molar-refractivity contribution < 1.29 is 13.2 Å². The molecule has 0 unspecified atom stereocenters. The van der Waals surface area contributed by atoms with Gasteiger partial charge in [0.05, 0.1) is 11.4 Å². The van der Waals surface area contributed by atoms with Crippen LogP contribution in [0.5, 0.6) is 0 Å². The van der Waals surface area contributed by atoms with Crippen LogP contribution in [0.15, 0.2) is 27.6 Å². The van der Waals surface area contributed by atoms with Gasteiger partial charge in [0.25, 0.3) is 0 Å². The molecular weight excluding hydrogens is 332 g/mol. The fraction of sp³-hybridized carbons (Fsp3) is 0.417. The molecule has 0 aliphatic rings. The van der Waals surface area contributed by atoms with Crippen LogP contribution < -0.4 is 5.32 Å². The van der Waals surface area contributed by atoms with Crippen molar-refractivity contribution >= 4 is 31.9 Å². The first-order valence-electron chi connectivity index (χ1n) is 5.78. The van der Waals surface area contributed by atoms with Crippen LogP contribution in [0.2, 0.25) is 0 Å². The highest BCUT2D eigenvalue weighted by Gasteiger charge is 2.23. The third-order valence-electron chi connectivity index (χ3n) is 2.58. The number of nitrogens with zero attached hydrogens (tertiary/aromatic N) is 1. The molecule has 0 aliphatic heterocycles. The molecule has 0 spiro atoms. The molecule has 0 heterocycles. The number of amides is 1. The molecule has 1 rings (SSSR count). The van der Waals surface area contributed by atoms with Crippen molar-refractivity contribution in [2.24, 2.45) is 0 Å². The molecule has 106 valence electrons. The Labute approximate surface area is 122 Å². The second-order valence-electron chi connectivity index (χ2n) is 4.13. The summed E-state index contributed by atoms with van der Waals surface area (Å²) in [6.07, 6.45) is 0. The molecule has 0 aliphatic carbocycles. The average molecular weight is 349 g/mol. The first-order valence-corrected chi connectivity index (χ1v) is 8.01. The lowest BCUT2D eigenvalue weighted by Crippen LogP contribution is -2.38. The van der Waals surface area contributed by atoms with Gasteiger partial charge in [0.15, 0.2) is 0 Å². The third kappa shape index (κ3) is 4.02. The summed E-state index contributed by atoms with van der Waals surface area (Å²) in [7, 11) is -2.25. The Bertz CT molecular complexity index is 572. The summed E-state index contributed by atoms with van der Waals surface area (Å²) in [5, 5.41) is 2.57. The standard InChI is InChI=1S/C12H17BrN2O3S/c1-4-14-12(16)8-15(3)19(17,18)10-5-6-11(13)9(2)7-10/h5-7H,4,8H2,1-3H3,(H,14,16). The summed E-state index contributed by atoms with van der Waals surface area (Å²) in [4.78, 5) is 11.6. The molecule has 0 saturated heterocycles. The number of hydrogen-bond acceptors (Lipinski definition) is 3. The van der Waals surface area contributed by atoms with Gasteiger partial charge in [0.1, 0.15) is 0 Å². The summed E-state index contributed by atoms with van der Waals surface area (Å²) >= 11 is 3.32. The number of carbonyl (C=O) groups is 1. The van der Waals surface area contributed by atoms with Gasteiger partial charge in [-0.1, -0.05) is 15.9 Å². The Morgan fingerprint density at radius 2 is 2.05 bits per heavy atom. The second kappa shape index (κ2) is 6.49. The Hall–Kier alpha value is -0.920. The SMILES string of the molecule is CCNC(=O)CN(C)S(=O)(=O)c1ccc(Br)c(C)c1. The van der Waals surface area contributed by atoms with E-state index in [1.54, 1.807) is 19.1 Å². The monoisotopic (exact) mass is 348 g/mol. The average Bonchev–Trinajstić information content (AvgIpc) is 2.32. The van der Waals surface area contributed by atoms with Gasteiger partial charge in [0.2, 0.25) is 15.9 Å². The molecular formula is C12H17BrN2O3S. The number of nitrogens with one attached hydrogen (secondary N) is 1. The number of benzene rings is 1. The molecule has 19 heavy (non-hydrogen) atoms. The van der Waals surface area contributed by atoms with E-state index in [1.807, 2.05) is 6.92 Å². The van der Waals surface area contributed by atoms with E-state index >= 15 is 0 Å². The van der Waals surface area contributed by atoms with Crippen LogP contribution in [0.1, 0.15) is 12.5 Å². The smallest absolute Gasteiger partial charge is 0.243 e. The topological polar surface area (TPSA) is 66.5 Å². The van der Waals surface area contributed by atoms with E-state index in [2.05, 4.69) is 21.2 Å². The van der Waals surface area contributed by atoms with E-state index in [9.17, 15) is 13.2 Å². The van der Waals surface area contributed by atoms with Crippen molar-refractivity contribution in [1.29, 1.82) is 0 Å². The van der Waals surface area contributed by atoms with Crippen LogP contribution in [-0.4, -0.2) is 38.8 Å². The highest BCUT2D eigenvalue weighted by Crippen LogP contribution is 2.21. The minimum atomic E-state index is -3.64. The number of aryl methyl sites for hydroxylation is 1. The summed E-state index contributed by atoms with van der Waals surface area (Å²) < 4.78 is 26.4. The van der Waals surface area contributed by atoms with Gasteiger partial charge in [0, 0.05) is 18.1 Å². The fourth-order valence-electron chi connectivity index (χ4n) is 1.50. The Balaban J connectivity index is 2.96. The quantitative estimate of drug-likeness (QED) is 0.876. The minimum absolute atomic E-state index is 0.181. The van der Waals surface area contributed by atoms with Crippen LogP contribution in [-0.2, 0) is 14.8 Å². The van der Waals surface area contributed by atoms with E-state index in [0.29, 0.717) is 6.54 Å². The first-order chi connectivity index (χ1) is 8.78. The van der Waals surface area contributed by atoms with E-state index < -0.39 is 10.0 Å². The number of hydrogen-bond donors (Lipinski definition) is 1. The summed E-state index contributed by atoms with van der Waals surface area (Å²) in [6, 6.07) is 4.77. The number of halogens is 1. The van der Waals surface area contributed by atoms with Crippen molar-refractivity contribution in [2.45, 2.75) is 18.7 Å². The van der Waals surface area contributed by atoms with Crippen molar-refractivity contribution in [3.05, 3.63) is 28.2 Å². The molecule has 7 heteroatoms. The van der Waals surface area contributed by atoms with E-state index in [0.717, 1.165) is 14.3 Å². The Morgan fingerprint density at radius 3 is 2.58 bits per heavy atom. The third-order valence-corrected chi connectivity index (χ3v) is 5.27. The van der Waals surface area contributed by atoms with Crippen LogP contribution in [0.4, 0.5) is 0 Å². The molecule has 5 nitrogen and oxygen atoms in total. The number of carbonyl (C=O) groups excluding carboxylic acids is 1. The largest absolute Gasteiger partial charge is 0.355 e. The molecule has 0 radical (unpaired) electrons. The summed E-state index contributed by atoms with van der Waals surface area (Å²) in [6.45, 7) is 3.88. The zero-order valence-electron chi connectivity index (χ0n) is 11.1. The van der Waals surface area contributed by atoms with Gasteiger partial charge in [-0.25, -0.2) is 8.42 Å². The maximum atomic E-state index is 12.3. The number of sulfonamides is 1. The van der Waals surface area contributed by atoms with Crippen LogP contribution >= 0.6 is 15.9 Å². The van der Waals surface area contributed by atoms with Gasteiger partial charge < -0.3 is 5.32 Å². The summed E-state index contributed by atoms with van der Waals surface area (Å²) in [5.41, 5.74) is 0.826. The maximum Gasteiger partial charge on any atom is 0.243 e. The molecule has 1 aromatic rings. The van der Waals surface area contributed by atoms with Crippen molar-refractivity contribution in [2.75, 3.05) is 20.1 Å². The molecule has 0 atom stereocenters. The fourth-order valence-corrected chi connectivity index (χ4v) is 2.96. The zero-order valence-corrected chi connectivity index (χ0v) is 13.5. The summed E-state index contributed by atoms with van der Waals surface area (Å²) in [5.74, 6) is -0.317. The highest BCUT2D eigenvalue weighted by molar-refractivity contribution is 9.10. The van der Waals surface area contributed by atoms with Gasteiger partial charge in [-0.05, 0) is 37.6 Å². The van der Waals surface area contributed by atoms with Gasteiger partial charge >= 0.3 is 0 Å². The Kier molecular flexibility index (Phi) is 5.51. The van der Waals surface area contributed by atoms with E-state index in [-0.39, 0.29) is 17.3 Å². The van der Waals surface area contributed by atoms with E-state index in [4.69, 9.17) is 0 Å². The number of rotatable bonds is 5. The lowest BCUT2D eigenvalue weighted by atomic mass is 10.2. The molecule has 1 amide bonds. The molecule has 0 bridgehead atoms. The molecule has 0 saturated carbocycles. The van der Waals surface area contributed by atoms with Gasteiger partial charge in [-0.15, -0.1) is 0 Å². The van der Waals surface area contributed by atoms with Crippen LogP contribution in [0.25, 0.3) is 0 Å². The number of likely N-dealkylation sites (N-methyl/N-ethyl adjacent to an activating group) is 2. The first kappa shape index (κ1) is 16.1. The second-order valence-corrected chi connectivity index (χ2v) is 7.02. The molecule has 0 aromatic heterocycles. The normalized spacial score (nSPS) is 11.6. The predicted octanol–water partition coefficient (Wildman–Crippen LogP) is 1.51. The predicted molar refractivity (Wildman–Crippen MR) is 77.4 cm³/mol. The lowest BCUT2D eigenvalue weighted by Gasteiger charge is -2.17. The van der Waals surface area contributed by atoms with Crippen molar-refractivity contribution in [1.82, 2.24) is 9.62 Å². The van der Waals surface area contributed by atoms with E-state index in [1.165, 1.54) is 13.1 Å². The van der Waals surface area contributed by atoms with Gasteiger partial charge in [-0.2, -0.15) is 4.31 Å². The highest BCUT2D eigenvalue weighted by atomic mass is 79.9. The van der Waals surface area contributed by atoms with Gasteiger partial charge in [-0.3, -0.25) is 4.79 Å². The Morgan fingerprint density at radius 1 is 1.42 bits per heavy atom. The van der Waals surface area contributed by atoms with Crippen LogP contribution in [0.3, 0.4) is 0 Å². The molecule has 1 aromatic carbocycles. The molecule has 0 fully saturated rings. The van der Waals surface area contributed by atoms with Crippen LogP contribution in [0, 0.1) is 6.92 Å². The lowest BCUT2D eigenvalue weighted by molar-refractivity contribution is -0.121. The minimum Gasteiger partial charge on any atom is -0.355 e. The zero-order chi connectivity index (χ0) is 14.6.